The first-order valence-electron chi connectivity index (χ1n) is 7.56. The normalized spacial score (nSPS) is 20.0. The van der Waals surface area contributed by atoms with Crippen LogP contribution < -0.4 is 0 Å². The Morgan fingerprint density at radius 1 is 1.48 bits per heavy atom. The number of nitrogens with zero attached hydrogens (tertiary/aromatic N) is 4. The molecular weight excluding hydrogens is 266 g/mol. The van der Waals surface area contributed by atoms with Gasteiger partial charge in [-0.3, -0.25) is 4.90 Å². The van der Waals surface area contributed by atoms with Gasteiger partial charge in [-0.1, -0.05) is 0 Å². The SMILES string of the molecule is COCCn1cncc1CN1CCCC(c2ncc[nH]2)C1. The lowest BCUT2D eigenvalue weighted by molar-refractivity contribution is 0.177. The molecular formula is C15H23N5O. The Balaban J connectivity index is 1.61. The molecule has 2 aromatic rings. The van der Waals surface area contributed by atoms with E-state index in [-0.39, 0.29) is 0 Å². The van der Waals surface area contributed by atoms with Gasteiger partial charge >= 0.3 is 0 Å². The summed E-state index contributed by atoms with van der Waals surface area (Å²) in [5.74, 6) is 1.64. The van der Waals surface area contributed by atoms with Crippen LogP contribution in [-0.2, 0) is 17.8 Å². The van der Waals surface area contributed by atoms with Crippen LogP contribution >= 0.6 is 0 Å². The van der Waals surface area contributed by atoms with E-state index in [4.69, 9.17) is 4.74 Å². The van der Waals surface area contributed by atoms with Crippen LogP contribution in [0.25, 0.3) is 0 Å². The molecule has 0 bridgehead atoms. The quantitative estimate of drug-likeness (QED) is 0.878. The summed E-state index contributed by atoms with van der Waals surface area (Å²) in [5.41, 5.74) is 1.26. The second-order valence-corrected chi connectivity index (χ2v) is 5.62. The maximum atomic E-state index is 5.15. The first kappa shape index (κ1) is 14.3. The summed E-state index contributed by atoms with van der Waals surface area (Å²) in [4.78, 5) is 14.4. The number of aromatic amines is 1. The zero-order chi connectivity index (χ0) is 14.5. The van der Waals surface area contributed by atoms with E-state index < -0.39 is 0 Å². The summed E-state index contributed by atoms with van der Waals surface area (Å²) in [6.07, 6.45) is 10.0. The summed E-state index contributed by atoms with van der Waals surface area (Å²) >= 11 is 0. The predicted molar refractivity (Wildman–Crippen MR) is 79.9 cm³/mol. The Kier molecular flexibility index (Phi) is 4.67. The van der Waals surface area contributed by atoms with Crippen LogP contribution in [0.4, 0.5) is 0 Å². The molecule has 1 unspecified atom stereocenters. The number of ether oxygens (including phenoxy) is 1. The first-order valence-corrected chi connectivity index (χ1v) is 7.56. The molecule has 21 heavy (non-hydrogen) atoms. The Morgan fingerprint density at radius 2 is 2.43 bits per heavy atom. The number of hydrogen-bond donors (Lipinski definition) is 1. The molecule has 3 rings (SSSR count). The molecule has 6 nitrogen and oxygen atoms in total. The number of aromatic nitrogens is 4. The van der Waals surface area contributed by atoms with E-state index in [2.05, 4.69) is 24.4 Å². The molecule has 1 fully saturated rings. The van der Waals surface area contributed by atoms with Crippen LogP contribution in [0.15, 0.2) is 24.9 Å². The Hall–Kier alpha value is -1.66. The van der Waals surface area contributed by atoms with Crippen LogP contribution in [0.1, 0.15) is 30.3 Å². The van der Waals surface area contributed by atoms with Crippen molar-refractivity contribution in [1.82, 2.24) is 24.4 Å². The summed E-state index contributed by atoms with van der Waals surface area (Å²) in [5, 5.41) is 0. The summed E-state index contributed by atoms with van der Waals surface area (Å²) in [6, 6.07) is 0. The van der Waals surface area contributed by atoms with Crippen LogP contribution in [-0.4, -0.2) is 51.2 Å². The molecule has 1 N–H and O–H groups in total. The third-order valence-electron chi connectivity index (χ3n) is 4.13. The number of methoxy groups -OCH3 is 1. The van der Waals surface area contributed by atoms with E-state index in [0.717, 1.165) is 38.6 Å². The fourth-order valence-electron chi connectivity index (χ4n) is 3.02. The number of hydrogen-bond acceptors (Lipinski definition) is 4. The Morgan fingerprint density at radius 3 is 3.24 bits per heavy atom. The van der Waals surface area contributed by atoms with Crippen molar-refractivity contribution in [1.29, 1.82) is 0 Å². The second kappa shape index (κ2) is 6.87. The standard InChI is InChI=1S/C15H23N5O/c1-21-8-7-20-12-16-9-14(20)11-19-6-2-3-13(10-19)15-17-4-5-18-15/h4-5,9,12-13H,2-3,6-8,10-11H2,1H3,(H,17,18). The van der Waals surface area contributed by atoms with Crippen LogP contribution in [0.5, 0.6) is 0 Å². The second-order valence-electron chi connectivity index (χ2n) is 5.62. The highest BCUT2D eigenvalue weighted by molar-refractivity contribution is 5.03. The highest BCUT2D eigenvalue weighted by Crippen LogP contribution is 2.25. The average Bonchev–Trinajstić information content (AvgIpc) is 3.17. The van der Waals surface area contributed by atoms with Gasteiger partial charge in [-0.05, 0) is 19.4 Å². The Labute approximate surface area is 125 Å². The molecule has 114 valence electrons. The minimum absolute atomic E-state index is 0.518. The molecule has 1 atom stereocenters. The van der Waals surface area contributed by atoms with Gasteiger partial charge in [0.2, 0.25) is 0 Å². The van der Waals surface area contributed by atoms with E-state index in [9.17, 15) is 0 Å². The predicted octanol–water partition coefficient (Wildman–Crippen LogP) is 1.63. The van der Waals surface area contributed by atoms with Crippen LogP contribution in [0, 0.1) is 0 Å². The fraction of sp³-hybridized carbons (Fsp3) is 0.600. The van der Waals surface area contributed by atoms with Gasteiger partial charge in [0.1, 0.15) is 5.82 Å². The molecule has 0 radical (unpaired) electrons. The van der Waals surface area contributed by atoms with Gasteiger partial charge in [0.05, 0.1) is 18.6 Å². The lowest BCUT2D eigenvalue weighted by atomic mass is 9.97. The summed E-state index contributed by atoms with van der Waals surface area (Å²) in [7, 11) is 1.73. The third kappa shape index (κ3) is 3.51. The van der Waals surface area contributed by atoms with Gasteiger partial charge in [-0.15, -0.1) is 0 Å². The van der Waals surface area contributed by atoms with Gasteiger partial charge < -0.3 is 14.3 Å². The zero-order valence-electron chi connectivity index (χ0n) is 12.5. The molecule has 0 amide bonds. The minimum atomic E-state index is 0.518. The van der Waals surface area contributed by atoms with Crippen molar-refractivity contribution in [2.45, 2.75) is 31.8 Å². The highest BCUT2D eigenvalue weighted by Gasteiger charge is 2.23. The number of nitrogens with one attached hydrogen (secondary N) is 1. The van der Waals surface area contributed by atoms with E-state index in [1.807, 2.05) is 24.9 Å². The molecule has 0 saturated carbocycles. The molecule has 1 saturated heterocycles. The smallest absolute Gasteiger partial charge is 0.110 e. The van der Waals surface area contributed by atoms with Crippen molar-refractivity contribution in [2.24, 2.45) is 0 Å². The molecule has 2 aromatic heterocycles. The number of imidazole rings is 2. The van der Waals surface area contributed by atoms with Gasteiger partial charge in [0.15, 0.2) is 0 Å². The molecule has 6 heteroatoms. The van der Waals surface area contributed by atoms with E-state index in [1.165, 1.54) is 18.5 Å². The van der Waals surface area contributed by atoms with E-state index >= 15 is 0 Å². The lowest BCUT2D eigenvalue weighted by Crippen LogP contribution is -2.34. The first-order chi connectivity index (χ1) is 10.4. The maximum absolute atomic E-state index is 5.15. The van der Waals surface area contributed by atoms with Gasteiger partial charge in [0.25, 0.3) is 0 Å². The summed E-state index contributed by atoms with van der Waals surface area (Å²) < 4.78 is 7.33. The molecule has 0 spiro atoms. The van der Waals surface area contributed by atoms with Crippen molar-refractivity contribution >= 4 is 0 Å². The maximum Gasteiger partial charge on any atom is 0.110 e. The van der Waals surface area contributed by atoms with Crippen molar-refractivity contribution in [3.63, 3.8) is 0 Å². The molecule has 0 aliphatic carbocycles. The zero-order valence-corrected chi connectivity index (χ0v) is 12.5. The number of H-pyrrole nitrogens is 1. The number of piperidine rings is 1. The minimum Gasteiger partial charge on any atom is -0.383 e. The molecule has 0 aromatic carbocycles. The van der Waals surface area contributed by atoms with E-state index in [1.54, 1.807) is 7.11 Å². The van der Waals surface area contributed by atoms with Crippen molar-refractivity contribution in [3.8, 4) is 0 Å². The van der Waals surface area contributed by atoms with Crippen LogP contribution in [0.3, 0.4) is 0 Å². The average molecular weight is 289 g/mol. The number of likely N-dealkylation sites (tertiary alicyclic amines) is 1. The van der Waals surface area contributed by atoms with Crippen LogP contribution in [0.2, 0.25) is 0 Å². The molecule has 1 aliphatic rings. The lowest BCUT2D eigenvalue weighted by Gasteiger charge is -2.31. The van der Waals surface area contributed by atoms with Crippen molar-refractivity contribution in [2.75, 3.05) is 26.8 Å². The molecule has 1 aliphatic heterocycles. The highest BCUT2D eigenvalue weighted by atomic mass is 16.5. The van der Waals surface area contributed by atoms with Crippen molar-refractivity contribution in [3.05, 3.63) is 36.4 Å². The monoisotopic (exact) mass is 289 g/mol. The fourth-order valence-corrected chi connectivity index (χ4v) is 3.02. The summed E-state index contributed by atoms with van der Waals surface area (Å²) in [6.45, 7) is 4.73. The largest absolute Gasteiger partial charge is 0.383 e. The van der Waals surface area contributed by atoms with Gasteiger partial charge in [0, 0.05) is 51.3 Å². The van der Waals surface area contributed by atoms with Crippen molar-refractivity contribution < 1.29 is 4.74 Å². The Bertz CT molecular complexity index is 536. The number of rotatable bonds is 6. The molecule has 3 heterocycles. The van der Waals surface area contributed by atoms with E-state index in [0.29, 0.717) is 5.92 Å². The van der Waals surface area contributed by atoms with Gasteiger partial charge in [-0.25, -0.2) is 9.97 Å². The topological polar surface area (TPSA) is 59.0 Å². The third-order valence-corrected chi connectivity index (χ3v) is 4.13. The van der Waals surface area contributed by atoms with Gasteiger partial charge in [-0.2, -0.15) is 0 Å².